The van der Waals surface area contributed by atoms with Crippen LogP contribution in [0.15, 0.2) is 67.0 Å². The van der Waals surface area contributed by atoms with Crippen molar-refractivity contribution >= 4 is 28.6 Å². The molecule has 164 valence electrons. The topological polar surface area (TPSA) is 55.6 Å². The van der Waals surface area contributed by atoms with E-state index in [0.717, 1.165) is 17.6 Å². The molecule has 4 aromatic rings. The molecule has 2 heterocycles. The molecule has 1 atom stereocenters. The highest BCUT2D eigenvalue weighted by atomic mass is 35.5. The number of nitrogens with one attached hydrogen (secondary N) is 1. The second-order valence-electron chi connectivity index (χ2n) is 9.32. The number of nitrogens with zero attached hydrogens (tertiary/aromatic N) is 4. The van der Waals surface area contributed by atoms with Crippen molar-refractivity contribution < 1.29 is 0 Å². The zero-order valence-electron chi connectivity index (χ0n) is 18.5. The third-order valence-electron chi connectivity index (χ3n) is 6.81. The summed E-state index contributed by atoms with van der Waals surface area (Å²) in [7, 11) is 0. The van der Waals surface area contributed by atoms with Crippen LogP contribution < -0.4 is 5.32 Å². The van der Waals surface area contributed by atoms with Crippen LogP contribution in [0.25, 0.3) is 11.2 Å². The lowest BCUT2D eigenvalue weighted by Gasteiger charge is -2.28. The van der Waals surface area contributed by atoms with E-state index in [0.29, 0.717) is 18.4 Å². The lowest BCUT2D eigenvalue weighted by atomic mass is 9.87. The summed E-state index contributed by atoms with van der Waals surface area (Å²) in [6.45, 7) is 5.32. The molecule has 5 rings (SSSR count). The number of fused-ring (bicyclic) bond motifs is 1. The van der Waals surface area contributed by atoms with Crippen LogP contribution in [0.2, 0.25) is 5.28 Å². The van der Waals surface area contributed by atoms with E-state index < -0.39 is 0 Å². The molecule has 1 unspecified atom stereocenters. The first-order chi connectivity index (χ1) is 15.5. The fourth-order valence-electron chi connectivity index (χ4n) is 5.06. The van der Waals surface area contributed by atoms with Crippen molar-refractivity contribution in [2.24, 2.45) is 5.41 Å². The molecule has 0 radical (unpaired) electrons. The standard InChI is InChI=1S/C26H28ClN5/c1-26(2)15-9-14-21(26)32-17-29-22-23(30-25(27)31-24(22)32)28-16-20(18-10-5-3-6-11-18)19-12-7-4-8-13-19/h3-8,10-13,17,20-21H,9,14-16H2,1-2H3,(H,28,30,31). The van der Waals surface area contributed by atoms with Gasteiger partial charge in [-0.3, -0.25) is 0 Å². The maximum atomic E-state index is 6.38. The molecule has 0 spiro atoms. The second-order valence-corrected chi connectivity index (χ2v) is 9.65. The maximum absolute atomic E-state index is 6.38. The summed E-state index contributed by atoms with van der Waals surface area (Å²) in [4.78, 5) is 13.8. The van der Waals surface area contributed by atoms with Gasteiger partial charge in [-0.15, -0.1) is 0 Å². The number of halogens is 1. The largest absolute Gasteiger partial charge is 0.367 e. The van der Waals surface area contributed by atoms with Gasteiger partial charge in [-0.2, -0.15) is 9.97 Å². The van der Waals surface area contributed by atoms with E-state index in [2.05, 4.69) is 82.2 Å². The predicted octanol–water partition coefficient (Wildman–Crippen LogP) is 6.47. The van der Waals surface area contributed by atoms with E-state index in [-0.39, 0.29) is 16.6 Å². The normalized spacial score (nSPS) is 17.8. The van der Waals surface area contributed by atoms with Gasteiger partial charge < -0.3 is 9.88 Å². The fourth-order valence-corrected chi connectivity index (χ4v) is 5.23. The Morgan fingerprint density at radius 3 is 2.28 bits per heavy atom. The molecule has 0 amide bonds. The fraction of sp³-hybridized carbons (Fsp3) is 0.346. The van der Waals surface area contributed by atoms with Gasteiger partial charge in [-0.25, -0.2) is 4.98 Å². The highest BCUT2D eigenvalue weighted by Gasteiger charge is 2.37. The maximum Gasteiger partial charge on any atom is 0.226 e. The van der Waals surface area contributed by atoms with Crippen molar-refractivity contribution in [2.75, 3.05) is 11.9 Å². The van der Waals surface area contributed by atoms with E-state index in [1.807, 2.05) is 18.5 Å². The van der Waals surface area contributed by atoms with Crippen LogP contribution in [0.4, 0.5) is 5.82 Å². The van der Waals surface area contributed by atoms with Gasteiger partial charge in [0.2, 0.25) is 5.28 Å². The second kappa shape index (κ2) is 8.55. The van der Waals surface area contributed by atoms with Crippen LogP contribution >= 0.6 is 11.6 Å². The molecular formula is C26H28ClN5. The van der Waals surface area contributed by atoms with Crippen molar-refractivity contribution in [1.29, 1.82) is 0 Å². The number of hydrogen-bond acceptors (Lipinski definition) is 4. The Bertz CT molecular complexity index is 1160. The molecule has 1 saturated carbocycles. The lowest BCUT2D eigenvalue weighted by Crippen LogP contribution is -2.21. The summed E-state index contributed by atoms with van der Waals surface area (Å²) >= 11 is 6.38. The summed E-state index contributed by atoms with van der Waals surface area (Å²) in [5.41, 5.74) is 4.30. The van der Waals surface area contributed by atoms with Crippen molar-refractivity contribution in [3.63, 3.8) is 0 Å². The van der Waals surface area contributed by atoms with Crippen molar-refractivity contribution in [2.45, 2.75) is 45.1 Å². The van der Waals surface area contributed by atoms with Gasteiger partial charge >= 0.3 is 0 Å². The van der Waals surface area contributed by atoms with Gasteiger partial charge in [0.15, 0.2) is 17.0 Å². The third-order valence-corrected chi connectivity index (χ3v) is 6.98. The number of aromatic nitrogens is 4. The predicted molar refractivity (Wildman–Crippen MR) is 130 cm³/mol. The van der Waals surface area contributed by atoms with E-state index in [1.165, 1.54) is 24.0 Å². The van der Waals surface area contributed by atoms with Crippen molar-refractivity contribution in [1.82, 2.24) is 19.5 Å². The zero-order valence-corrected chi connectivity index (χ0v) is 19.3. The first-order valence-electron chi connectivity index (χ1n) is 11.3. The van der Waals surface area contributed by atoms with Crippen molar-refractivity contribution in [3.05, 3.63) is 83.4 Å². The lowest BCUT2D eigenvalue weighted by molar-refractivity contribution is 0.264. The Balaban J connectivity index is 1.48. The third kappa shape index (κ3) is 3.97. The molecule has 32 heavy (non-hydrogen) atoms. The Morgan fingerprint density at radius 1 is 1.03 bits per heavy atom. The average Bonchev–Trinajstić information content (AvgIpc) is 3.37. The number of imidazole rings is 1. The van der Waals surface area contributed by atoms with Crippen LogP contribution in [-0.4, -0.2) is 26.1 Å². The summed E-state index contributed by atoms with van der Waals surface area (Å²) in [6, 6.07) is 21.4. The Hall–Kier alpha value is -2.92. The van der Waals surface area contributed by atoms with E-state index >= 15 is 0 Å². The molecule has 6 heteroatoms. The average molecular weight is 446 g/mol. The van der Waals surface area contributed by atoms with Crippen LogP contribution in [-0.2, 0) is 0 Å². The highest BCUT2D eigenvalue weighted by Crippen LogP contribution is 2.46. The minimum absolute atomic E-state index is 0.178. The SMILES string of the molecule is CC1(C)CCCC1n1cnc2c(NCC(c3ccccc3)c3ccccc3)nc(Cl)nc21. The van der Waals surface area contributed by atoms with Gasteiger partial charge in [0.05, 0.1) is 6.33 Å². The summed E-state index contributed by atoms with van der Waals surface area (Å²) < 4.78 is 2.20. The molecule has 0 saturated heterocycles. The molecule has 2 aromatic carbocycles. The van der Waals surface area contributed by atoms with Gasteiger partial charge in [0.1, 0.15) is 0 Å². The van der Waals surface area contributed by atoms with E-state index in [4.69, 9.17) is 16.6 Å². The quantitative estimate of drug-likeness (QED) is 0.345. The molecule has 2 aromatic heterocycles. The number of hydrogen-bond donors (Lipinski definition) is 1. The minimum Gasteiger partial charge on any atom is -0.367 e. The smallest absolute Gasteiger partial charge is 0.226 e. The molecular weight excluding hydrogens is 418 g/mol. The number of anilines is 1. The molecule has 1 aliphatic carbocycles. The highest BCUT2D eigenvalue weighted by molar-refractivity contribution is 6.28. The molecule has 1 aliphatic rings. The zero-order chi connectivity index (χ0) is 22.1. The molecule has 1 fully saturated rings. The molecule has 1 N–H and O–H groups in total. The van der Waals surface area contributed by atoms with Crippen molar-refractivity contribution in [3.8, 4) is 0 Å². The molecule has 0 bridgehead atoms. The monoisotopic (exact) mass is 445 g/mol. The Morgan fingerprint density at radius 2 is 1.69 bits per heavy atom. The van der Waals surface area contributed by atoms with Gasteiger partial charge in [0, 0.05) is 18.5 Å². The first-order valence-corrected chi connectivity index (χ1v) is 11.6. The minimum atomic E-state index is 0.178. The summed E-state index contributed by atoms with van der Waals surface area (Å²) in [5, 5.41) is 3.78. The van der Waals surface area contributed by atoms with Gasteiger partial charge in [0.25, 0.3) is 0 Å². The van der Waals surface area contributed by atoms with Crippen LogP contribution in [0.5, 0.6) is 0 Å². The molecule has 0 aliphatic heterocycles. The Labute approximate surface area is 193 Å². The van der Waals surface area contributed by atoms with E-state index in [9.17, 15) is 0 Å². The first kappa shape index (κ1) is 21.0. The van der Waals surface area contributed by atoms with E-state index in [1.54, 1.807) is 0 Å². The number of rotatable bonds is 6. The van der Waals surface area contributed by atoms with Crippen LogP contribution in [0, 0.1) is 5.41 Å². The van der Waals surface area contributed by atoms with Gasteiger partial charge in [-0.1, -0.05) is 80.9 Å². The summed E-state index contributed by atoms with van der Waals surface area (Å²) in [5.74, 6) is 0.864. The molecule has 5 nitrogen and oxygen atoms in total. The van der Waals surface area contributed by atoms with Crippen LogP contribution in [0.3, 0.4) is 0 Å². The summed E-state index contributed by atoms with van der Waals surface area (Å²) in [6.07, 6.45) is 5.46. The van der Waals surface area contributed by atoms with Gasteiger partial charge in [-0.05, 0) is 41.0 Å². The number of benzene rings is 2. The Kier molecular flexibility index (Phi) is 5.60. The van der Waals surface area contributed by atoms with Crippen LogP contribution in [0.1, 0.15) is 56.2 Å².